The predicted molar refractivity (Wildman–Crippen MR) is 95.6 cm³/mol. The van der Waals surface area contributed by atoms with Gasteiger partial charge >= 0.3 is 0 Å². The van der Waals surface area contributed by atoms with Gasteiger partial charge in [-0.15, -0.1) is 0 Å². The zero-order chi connectivity index (χ0) is 18.1. The lowest BCUT2D eigenvalue weighted by atomic mass is 10.1. The van der Waals surface area contributed by atoms with Crippen LogP contribution in [0.4, 0.5) is 0 Å². The lowest BCUT2D eigenvalue weighted by molar-refractivity contribution is 0.0507. The van der Waals surface area contributed by atoms with Crippen molar-refractivity contribution in [3.05, 3.63) is 35.4 Å². The Balaban J connectivity index is 1.89. The molecule has 0 spiro atoms. The van der Waals surface area contributed by atoms with E-state index in [0.29, 0.717) is 24.2 Å². The molecule has 132 valence electrons. The highest BCUT2D eigenvalue weighted by Gasteiger charge is 2.38. The van der Waals surface area contributed by atoms with Crippen molar-refractivity contribution in [3.8, 4) is 0 Å². The molecule has 1 heterocycles. The van der Waals surface area contributed by atoms with Crippen LogP contribution in [0.3, 0.4) is 0 Å². The number of amides is 2. The summed E-state index contributed by atoms with van der Waals surface area (Å²) in [7, 11) is -1.85. The summed E-state index contributed by atoms with van der Waals surface area (Å²) in [6.07, 6.45) is -0.378. The maximum absolute atomic E-state index is 12.3. The second kappa shape index (κ2) is 6.78. The number of benzene rings is 1. The molecule has 1 aromatic rings. The van der Waals surface area contributed by atoms with E-state index in [1.807, 2.05) is 0 Å². The zero-order valence-corrected chi connectivity index (χ0v) is 16.1. The van der Waals surface area contributed by atoms with Gasteiger partial charge in [-0.05, 0) is 36.7 Å². The van der Waals surface area contributed by atoms with Crippen LogP contribution >= 0.6 is 0 Å². The summed E-state index contributed by atoms with van der Waals surface area (Å²) < 4.78 is 6.04. The van der Waals surface area contributed by atoms with E-state index in [1.54, 1.807) is 24.3 Å². The molecular weight excluding hydrogens is 322 g/mol. The van der Waals surface area contributed by atoms with E-state index >= 15 is 0 Å². The van der Waals surface area contributed by atoms with Crippen LogP contribution in [0.2, 0.25) is 18.1 Å². The predicted octanol–water partition coefficient (Wildman–Crippen LogP) is 3.06. The van der Waals surface area contributed by atoms with E-state index in [0.717, 1.165) is 4.90 Å². The zero-order valence-electron chi connectivity index (χ0n) is 15.1. The van der Waals surface area contributed by atoms with E-state index in [1.165, 1.54) is 0 Å². The van der Waals surface area contributed by atoms with Crippen LogP contribution in [-0.2, 0) is 4.43 Å². The summed E-state index contributed by atoms with van der Waals surface area (Å²) in [5.41, 5.74) is 0.819. The number of aliphatic hydroxyl groups excluding tert-OH is 1. The molecule has 1 aliphatic heterocycles. The minimum absolute atomic E-state index is 0.00715. The third kappa shape index (κ3) is 3.76. The minimum Gasteiger partial charge on any atom is -0.417 e. The van der Waals surface area contributed by atoms with Crippen molar-refractivity contribution in [3.63, 3.8) is 0 Å². The largest absolute Gasteiger partial charge is 0.417 e. The summed E-state index contributed by atoms with van der Waals surface area (Å²) in [5.74, 6) is -0.667. The Morgan fingerprint density at radius 2 is 1.62 bits per heavy atom. The van der Waals surface area contributed by atoms with E-state index in [4.69, 9.17) is 4.43 Å². The number of nitrogens with zero attached hydrogens (tertiary/aromatic N) is 1. The van der Waals surface area contributed by atoms with Crippen molar-refractivity contribution in [1.29, 1.82) is 0 Å². The molecule has 5 nitrogen and oxygen atoms in total. The Kier molecular flexibility index (Phi) is 5.32. The lowest BCUT2D eigenvalue weighted by Gasteiger charge is -2.36. The molecule has 0 saturated carbocycles. The van der Waals surface area contributed by atoms with Crippen LogP contribution in [0.1, 0.15) is 47.9 Å². The third-order valence-electron chi connectivity index (χ3n) is 4.99. The molecule has 1 aliphatic rings. The smallest absolute Gasteiger partial charge is 0.261 e. The molecule has 0 radical (unpaired) electrons. The van der Waals surface area contributed by atoms with Crippen LogP contribution < -0.4 is 0 Å². The first-order valence-electron chi connectivity index (χ1n) is 8.32. The number of rotatable bonds is 6. The van der Waals surface area contributed by atoms with Crippen LogP contribution in [0, 0.1) is 0 Å². The molecule has 1 aromatic carbocycles. The molecule has 0 bridgehead atoms. The Bertz CT molecular complexity index is 601. The molecule has 6 heteroatoms. The average Bonchev–Trinajstić information content (AvgIpc) is 2.71. The molecular formula is C18H27NO4Si. The van der Waals surface area contributed by atoms with Gasteiger partial charge < -0.3 is 9.53 Å². The van der Waals surface area contributed by atoms with Gasteiger partial charge in [-0.2, -0.15) is 0 Å². The van der Waals surface area contributed by atoms with Crippen molar-refractivity contribution in [2.24, 2.45) is 0 Å². The van der Waals surface area contributed by atoms with E-state index in [-0.39, 0.29) is 23.4 Å². The first-order valence-corrected chi connectivity index (χ1v) is 11.2. The monoisotopic (exact) mass is 349 g/mol. The number of carbonyl (C=O) groups excluding carboxylic acids is 2. The molecule has 0 fully saturated rings. The summed E-state index contributed by atoms with van der Waals surface area (Å²) in [4.78, 5) is 25.7. The number of fused-ring (bicyclic) bond motifs is 1. The number of aliphatic hydroxyl groups is 1. The first-order chi connectivity index (χ1) is 11.0. The molecule has 1 unspecified atom stereocenters. The normalized spacial score (nSPS) is 16.5. The fourth-order valence-electron chi connectivity index (χ4n) is 2.37. The van der Waals surface area contributed by atoms with Gasteiger partial charge in [0.2, 0.25) is 0 Å². The molecule has 0 aromatic heterocycles. The quantitative estimate of drug-likeness (QED) is 0.633. The van der Waals surface area contributed by atoms with Gasteiger partial charge in [-0.1, -0.05) is 32.9 Å². The molecule has 0 saturated heterocycles. The third-order valence-corrected chi connectivity index (χ3v) is 9.53. The summed E-state index contributed by atoms with van der Waals surface area (Å²) in [6.45, 7) is 11.2. The average molecular weight is 350 g/mol. The topological polar surface area (TPSA) is 66.8 Å². The van der Waals surface area contributed by atoms with Crippen molar-refractivity contribution < 1.29 is 19.1 Å². The molecule has 24 heavy (non-hydrogen) atoms. The van der Waals surface area contributed by atoms with Crippen LogP contribution in [0.25, 0.3) is 0 Å². The highest BCUT2D eigenvalue weighted by atomic mass is 28.4. The summed E-state index contributed by atoms with van der Waals surface area (Å²) in [6, 6.07) is 6.75. The van der Waals surface area contributed by atoms with Crippen LogP contribution in [0.5, 0.6) is 0 Å². The number of carbonyl (C=O) groups is 2. The van der Waals surface area contributed by atoms with Gasteiger partial charge in [0, 0.05) is 6.61 Å². The Morgan fingerprint density at radius 3 is 2.08 bits per heavy atom. The van der Waals surface area contributed by atoms with E-state index < -0.39 is 14.4 Å². The summed E-state index contributed by atoms with van der Waals surface area (Å²) in [5, 5.41) is 10.3. The second-order valence-electron chi connectivity index (χ2n) is 7.82. The Hall–Kier alpha value is -1.50. The standard InChI is InChI=1S/C18H27NO4Si/c1-18(2,3)24(4,5)23-11-10-13(20)12-19-16(21)14-8-6-7-9-15(14)17(19)22/h6-9,13,20H,10-12H2,1-5H3. The molecule has 0 aliphatic carbocycles. The minimum atomic E-state index is -1.85. The van der Waals surface area contributed by atoms with Crippen LogP contribution in [0.15, 0.2) is 24.3 Å². The van der Waals surface area contributed by atoms with Gasteiger partial charge in [-0.25, -0.2) is 0 Å². The van der Waals surface area contributed by atoms with Crippen LogP contribution in [-0.4, -0.2) is 49.4 Å². The lowest BCUT2D eigenvalue weighted by Crippen LogP contribution is -2.42. The van der Waals surface area contributed by atoms with Crippen molar-refractivity contribution in [2.75, 3.05) is 13.2 Å². The van der Waals surface area contributed by atoms with Gasteiger partial charge in [0.1, 0.15) is 0 Å². The van der Waals surface area contributed by atoms with Gasteiger partial charge in [-0.3, -0.25) is 14.5 Å². The van der Waals surface area contributed by atoms with E-state index in [9.17, 15) is 14.7 Å². The van der Waals surface area contributed by atoms with Gasteiger partial charge in [0.25, 0.3) is 11.8 Å². The van der Waals surface area contributed by atoms with Crippen molar-refractivity contribution in [1.82, 2.24) is 4.90 Å². The first kappa shape index (κ1) is 18.8. The number of hydrogen-bond acceptors (Lipinski definition) is 4. The van der Waals surface area contributed by atoms with Gasteiger partial charge in [0.15, 0.2) is 8.32 Å². The second-order valence-corrected chi connectivity index (χ2v) is 12.6. The SMILES string of the molecule is CC(C)(C)[Si](C)(C)OCCC(O)CN1C(=O)c2ccccc2C1=O. The Labute approximate surface area is 144 Å². The molecule has 1 atom stereocenters. The maximum atomic E-state index is 12.3. The summed E-state index contributed by atoms with van der Waals surface area (Å²) >= 11 is 0. The number of β-amino-alcohol motifs (C(OH)–C–C–N with tert-alkyl or cyclic N) is 1. The van der Waals surface area contributed by atoms with E-state index in [2.05, 4.69) is 33.9 Å². The number of imide groups is 1. The molecule has 2 amide bonds. The highest BCUT2D eigenvalue weighted by Crippen LogP contribution is 2.36. The highest BCUT2D eigenvalue weighted by molar-refractivity contribution is 6.74. The van der Waals surface area contributed by atoms with Crippen molar-refractivity contribution in [2.45, 2.75) is 51.4 Å². The molecule has 2 rings (SSSR count). The Morgan fingerprint density at radius 1 is 1.12 bits per heavy atom. The number of hydrogen-bond donors (Lipinski definition) is 1. The maximum Gasteiger partial charge on any atom is 0.261 e. The fraction of sp³-hybridized carbons (Fsp3) is 0.556. The fourth-order valence-corrected chi connectivity index (χ4v) is 3.43. The van der Waals surface area contributed by atoms with Gasteiger partial charge in [0.05, 0.1) is 23.8 Å². The molecule has 1 N–H and O–H groups in total. The van der Waals surface area contributed by atoms with Crippen molar-refractivity contribution >= 4 is 20.1 Å².